The van der Waals surface area contributed by atoms with Gasteiger partial charge in [-0.2, -0.15) is 0 Å². The molecular weight excluding hydrogens is 304 g/mol. The van der Waals surface area contributed by atoms with E-state index >= 15 is 0 Å². The third-order valence-electron chi connectivity index (χ3n) is 3.07. The Labute approximate surface area is 131 Å². The minimum Gasteiger partial charge on any atom is -0.411 e. The quantitative estimate of drug-likeness (QED) is 0.394. The first-order valence-corrected chi connectivity index (χ1v) is 7.42. The van der Waals surface area contributed by atoms with Gasteiger partial charge in [0.15, 0.2) is 5.82 Å². The van der Waals surface area contributed by atoms with Crippen molar-refractivity contribution < 1.29 is 10.1 Å². The Morgan fingerprint density at radius 2 is 2.23 bits per heavy atom. The van der Waals surface area contributed by atoms with Gasteiger partial charge in [0.05, 0.1) is 10.6 Å². The summed E-state index contributed by atoms with van der Waals surface area (Å²) in [6.45, 7) is 4.03. The SMILES string of the molecule is CC(C)c1nc(C=NO)n(C)c1Sc1cccc([N+](=O)[O-])c1. The van der Waals surface area contributed by atoms with Crippen molar-refractivity contribution in [3.8, 4) is 0 Å². The number of hydrogen-bond donors (Lipinski definition) is 1. The molecule has 1 aromatic carbocycles. The zero-order valence-corrected chi connectivity index (χ0v) is 13.2. The molecule has 1 aromatic heterocycles. The van der Waals surface area contributed by atoms with E-state index in [9.17, 15) is 10.1 Å². The van der Waals surface area contributed by atoms with Crippen molar-refractivity contribution in [1.82, 2.24) is 9.55 Å². The predicted octanol–water partition coefficient (Wildman–Crippen LogP) is 3.41. The van der Waals surface area contributed by atoms with Crippen molar-refractivity contribution >= 4 is 23.7 Å². The highest BCUT2D eigenvalue weighted by Gasteiger charge is 2.18. The zero-order chi connectivity index (χ0) is 16.3. The first-order valence-electron chi connectivity index (χ1n) is 6.60. The number of rotatable bonds is 5. The van der Waals surface area contributed by atoms with Crippen molar-refractivity contribution in [2.45, 2.75) is 29.7 Å². The minimum atomic E-state index is -0.416. The van der Waals surface area contributed by atoms with E-state index in [4.69, 9.17) is 5.21 Å². The Hall–Kier alpha value is -2.35. The van der Waals surface area contributed by atoms with Crippen LogP contribution in [0.1, 0.15) is 31.3 Å². The van der Waals surface area contributed by atoms with E-state index in [2.05, 4.69) is 10.1 Å². The van der Waals surface area contributed by atoms with Crippen LogP contribution in [0.3, 0.4) is 0 Å². The molecule has 116 valence electrons. The lowest BCUT2D eigenvalue weighted by Gasteiger charge is -2.08. The monoisotopic (exact) mass is 320 g/mol. The van der Waals surface area contributed by atoms with Crippen molar-refractivity contribution in [3.05, 3.63) is 45.9 Å². The lowest BCUT2D eigenvalue weighted by molar-refractivity contribution is -0.385. The van der Waals surface area contributed by atoms with Gasteiger partial charge in [-0.3, -0.25) is 10.1 Å². The molecule has 0 fully saturated rings. The smallest absolute Gasteiger partial charge is 0.270 e. The second-order valence-electron chi connectivity index (χ2n) is 4.98. The summed E-state index contributed by atoms with van der Waals surface area (Å²) in [6, 6.07) is 6.46. The van der Waals surface area contributed by atoms with Crippen LogP contribution >= 0.6 is 11.8 Å². The van der Waals surface area contributed by atoms with Gasteiger partial charge in [0.25, 0.3) is 5.69 Å². The zero-order valence-electron chi connectivity index (χ0n) is 12.4. The highest BCUT2D eigenvalue weighted by Crippen LogP contribution is 2.35. The van der Waals surface area contributed by atoms with Crippen LogP contribution in [0.5, 0.6) is 0 Å². The fourth-order valence-corrected chi connectivity index (χ4v) is 3.12. The van der Waals surface area contributed by atoms with Gasteiger partial charge >= 0.3 is 0 Å². The molecule has 1 N–H and O–H groups in total. The van der Waals surface area contributed by atoms with Gasteiger partial charge in [-0.25, -0.2) is 4.98 Å². The third kappa shape index (κ3) is 3.28. The van der Waals surface area contributed by atoms with Crippen LogP contribution in [0, 0.1) is 10.1 Å². The van der Waals surface area contributed by atoms with Crippen molar-refractivity contribution in [2.75, 3.05) is 0 Å². The fraction of sp³-hybridized carbons (Fsp3) is 0.286. The normalized spacial score (nSPS) is 11.5. The summed E-state index contributed by atoms with van der Waals surface area (Å²) >= 11 is 1.40. The molecule has 0 unspecified atom stereocenters. The molecule has 0 atom stereocenters. The van der Waals surface area contributed by atoms with Crippen molar-refractivity contribution in [3.63, 3.8) is 0 Å². The fourth-order valence-electron chi connectivity index (χ4n) is 1.96. The van der Waals surface area contributed by atoms with E-state index in [0.717, 1.165) is 15.6 Å². The number of imidazole rings is 1. The maximum atomic E-state index is 10.9. The molecule has 8 heteroatoms. The molecule has 0 spiro atoms. The molecule has 0 saturated carbocycles. The van der Waals surface area contributed by atoms with Crippen LogP contribution in [-0.4, -0.2) is 25.9 Å². The van der Waals surface area contributed by atoms with Crippen LogP contribution < -0.4 is 0 Å². The van der Waals surface area contributed by atoms with Gasteiger partial charge in [0.2, 0.25) is 0 Å². The van der Waals surface area contributed by atoms with E-state index in [0.29, 0.717) is 5.82 Å². The molecule has 0 aliphatic carbocycles. The Morgan fingerprint density at radius 1 is 1.50 bits per heavy atom. The lowest BCUT2D eigenvalue weighted by Crippen LogP contribution is -1.98. The molecule has 0 amide bonds. The van der Waals surface area contributed by atoms with Crippen LogP contribution in [0.2, 0.25) is 0 Å². The van der Waals surface area contributed by atoms with Gasteiger partial charge in [0, 0.05) is 24.1 Å². The van der Waals surface area contributed by atoms with E-state index in [1.165, 1.54) is 30.1 Å². The first kappa shape index (κ1) is 16.0. The van der Waals surface area contributed by atoms with E-state index in [1.54, 1.807) is 10.6 Å². The molecule has 22 heavy (non-hydrogen) atoms. The molecule has 2 aromatic rings. The average molecular weight is 320 g/mol. The van der Waals surface area contributed by atoms with E-state index in [1.807, 2.05) is 27.0 Å². The molecule has 1 heterocycles. The standard InChI is InChI=1S/C14H16N4O3S/c1-9(2)13-14(17(3)12(16-13)8-15-19)22-11-6-4-5-10(7-11)18(20)21/h4-9,19H,1-3H3. The van der Waals surface area contributed by atoms with Crippen molar-refractivity contribution in [2.24, 2.45) is 12.2 Å². The summed E-state index contributed by atoms with van der Waals surface area (Å²) in [5.74, 6) is 0.701. The minimum absolute atomic E-state index is 0.0513. The summed E-state index contributed by atoms with van der Waals surface area (Å²) in [5, 5.41) is 23.5. The maximum Gasteiger partial charge on any atom is 0.270 e. The van der Waals surface area contributed by atoms with Gasteiger partial charge < -0.3 is 9.77 Å². The Balaban J connectivity index is 2.44. The summed E-state index contributed by atoms with van der Waals surface area (Å²) in [5.41, 5.74) is 0.907. The Bertz CT molecular complexity index is 725. The van der Waals surface area contributed by atoms with Crippen molar-refractivity contribution in [1.29, 1.82) is 0 Å². The van der Waals surface area contributed by atoms with Gasteiger partial charge in [-0.05, 0) is 12.0 Å². The van der Waals surface area contributed by atoms with Gasteiger partial charge in [0.1, 0.15) is 11.2 Å². The number of aromatic nitrogens is 2. The number of hydrogen-bond acceptors (Lipinski definition) is 6. The van der Waals surface area contributed by atoms with E-state index < -0.39 is 4.92 Å². The molecule has 2 rings (SSSR count). The molecule has 0 saturated heterocycles. The number of benzene rings is 1. The van der Waals surface area contributed by atoms with Crippen LogP contribution in [-0.2, 0) is 7.05 Å². The van der Waals surface area contributed by atoms with Crippen LogP contribution in [0.15, 0.2) is 39.3 Å². The summed E-state index contributed by atoms with van der Waals surface area (Å²) in [7, 11) is 1.82. The van der Waals surface area contributed by atoms with Crippen LogP contribution in [0.4, 0.5) is 5.69 Å². The Kier molecular flexibility index (Phi) is 4.81. The number of nitro groups is 1. The number of nitrogens with zero attached hydrogens (tertiary/aromatic N) is 4. The predicted molar refractivity (Wildman–Crippen MR) is 83.9 cm³/mol. The summed E-state index contributed by atoms with van der Waals surface area (Å²) in [4.78, 5) is 15.7. The number of non-ortho nitro benzene ring substituents is 1. The average Bonchev–Trinajstić information content (AvgIpc) is 2.77. The van der Waals surface area contributed by atoms with Crippen LogP contribution in [0.25, 0.3) is 0 Å². The molecular formula is C14H16N4O3S. The lowest BCUT2D eigenvalue weighted by atomic mass is 10.2. The molecule has 0 aliphatic heterocycles. The van der Waals surface area contributed by atoms with Gasteiger partial charge in [-0.1, -0.05) is 36.8 Å². The van der Waals surface area contributed by atoms with E-state index in [-0.39, 0.29) is 11.6 Å². The summed E-state index contributed by atoms with van der Waals surface area (Å²) < 4.78 is 1.80. The third-order valence-corrected chi connectivity index (χ3v) is 4.23. The first-order chi connectivity index (χ1) is 10.4. The molecule has 0 radical (unpaired) electrons. The topological polar surface area (TPSA) is 93.6 Å². The van der Waals surface area contributed by atoms with Gasteiger partial charge in [-0.15, -0.1) is 0 Å². The number of nitro benzene ring substituents is 1. The Morgan fingerprint density at radius 3 is 2.82 bits per heavy atom. The molecule has 7 nitrogen and oxygen atoms in total. The maximum absolute atomic E-state index is 10.9. The second-order valence-corrected chi connectivity index (χ2v) is 6.04. The molecule has 0 aliphatic rings. The second kappa shape index (κ2) is 6.61. The highest BCUT2D eigenvalue weighted by atomic mass is 32.2. The number of oxime groups is 1. The largest absolute Gasteiger partial charge is 0.411 e. The molecule has 0 bridgehead atoms. The summed E-state index contributed by atoms with van der Waals surface area (Å²) in [6.07, 6.45) is 1.27. The highest BCUT2D eigenvalue weighted by molar-refractivity contribution is 7.99.